The van der Waals surface area contributed by atoms with Crippen LogP contribution in [0.4, 0.5) is 5.69 Å². The number of esters is 1. The molecule has 6 nitrogen and oxygen atoms in total. The van der Waals surface area contributed by atoms with E-state index in [1.165, 1.54) is 30.3 Å². The third-order valence-electron chi connectivity index (χ3n) is 3.38. The molecule has 2 aromatic rings. The molecule has 0 aliphatic rings. The van der Waals surface area contributed by atoms with Crippen LogP contribution >= 0.6 is 11.8 Å². The van der Waals surface area contributed by atoms with Crippen LogP contribution in [-0.2, 0) is 19.6 Å². The molecule has 142 valence electrons. The molecular formula is C19H19NO5S2. The molecule has 8 heteroatoms. The molecule has 0 aliphatic heterocycles. The normalized spacial score (nSPS) is 11.3. The Morgan fingerprint density at radius 1 is 1.07 bits per heavy atom. The first-order chi connectivity index (χ1) is 12.8. The Kier molecular flexibility index (Phi) is 7.20. The van der Waals surface area contributed by atoms with E-state index in [-0.39, 0.29) is 5.78 Å². The molecule has 0 saturated carbocycles. The highest BCUT2D eigenvalue weighted by Crippen LogP contribution is 2.15. The number of benzene rings is 2. The maximum atomic E-state index is 12.0. The summed E-state index contributed by atoms with van der Waals surface area (Å²) in [4.78, 5) is 24.9. The van der Waals surface area contributed by atoms with Gasteiger partial charge in [-0.1, -0.05) is 12.1 Å². The Bertz CT molecular complexity index is 933. The fraction of sp³-hybridized carbons (Fsp3) is 0.158. The van der Waals surface area contributed by atoms with Gasteiger partial charge in [-0.15, -0.1) is 11.8 Å². The van der Waals surface area contributed by atoms with Gasteiger partial charge in [-0.3, -0.25) is 9.52 Å². The first kappa shape index (κ1) is 20.7. The van der Waals surface area contributed by atoms with Crippen LogP contribution in [0.2, 0.25) is 0 Å². The van der Waals surface area contributed by atoms with Crippen LogP contribution < -0.4 is 4.72 Å². The van der Waals surface area contributed by atoms with Crippen molar-refractivity contribution in [2.24, 2.45) is 0 Å². The molecular weight excluding hydrogens is 386 g/mol. The number of carbonyl (C=O) groups is 2. The zero-order valence-corrected chi connectivity index (χ0v) is 16.5. The molecule has 2 aromatic carbocycles. The van der Waals surface area contributed by atoms with Crippen molar-refractivity contribution in [3.8, 4) is 0 Å². The Balaban J connectivity index is 1.86. The lowest BCUT2D eigenvalue weighted by atomic mass is 10.1. The maximum Gasteiger partial charge on any atom is 0.331 e. The Morgan fingerprint density at radius 2 is 1.70 bits per heavy atom. The van der Waals surface area contributed by atoms with Gasteiger partial charge in [-0.2, -0.15) is 0 Å². The second kappa shape index (κ2) is 9.38. The molecule has 0 amide bonds. The number of ketones is 1. The summed E-state index contributed by atoms with van der Waals surface area (Å²) >= 11 is 1.63. The van der Waals surface area contributed by atoms with Crippen molar-refractivity contribution < 1.29 is 22.7 Å². The summed E-state index contributed by atoms with van der Waals surface area (Å²) in [5.41, 5.74) is 1.52. The summed E-state index contributed by atoms with van der Waals surface area (Å²) in [7, 11) is -3.38. The average molecular weight is 405 g/mol. The van der Waals surface area contributed by atoms with Gasteiger partial charge in [-0.25, -0.2) is 13.2 Å². The van der Waals surface area contributed by atoms with Gasteiger partial charge in [0.25, 0.3) is 0 Å². The van der Waals surface area contributed by atoms with Crippen molar-refractivity contribution >= 4 is 45.3 Å². The van der Waals surface area contributed by atoms with E-state index in [9.17, 15) is 18.0 Å². The van der Waals surface area contributed by atoms with E-state index in [1.54, 1.807) is 17.8 Å². The standard InChI is InChI=1S/C19H19NO5S2/c1-26-17-10-3-14(4-11-17)5-12-19(22)25-13-18(21)15-6-8-16(9-7-15)20-27(2,23)24/h3-12,20H,13H2,1-2H3/b12-5+. The number of Topliss-reactive ketones (excluding diaryl/α,β-unsaturated/α-hetero) is 1. The van der Waals surface area contributed by atoms with E-state index in [2.05, 4.69) is 4.72 Å². The number of hydrogen-bond donors (Lipinski definition) is 1. The average Bonchev–Trinajstić information content (AvgIpc) is 2.64. The molecule has 0 aromatic heterocycles. The fourth-order valence-electron chi connectivity index (χ4n) is 2.09. The predicted molar refractivity (Wildman–Crippen MR) is 107 cm³/mol. The van der Waals surface area contributed by atoms with E-state index in [0.29, 0.717) is 11.3 Å². The predicted octanol–water partition coefficient (Wildman–Crippen LogP) is 3.22. The van der Waals surface area contributed by atoms with E-state index >= 15 is 0 Å². The monoisotopic (exact) mass is 405 g/mol. The van der Waals surface area contributed by atoms with E-state index in [0.717, 1.165) is 16.7 Å². The second-order valence-corrected chi connectivity index (χ2v) is 8.22. The van der Waals surface area contributed by atoms with Crippen LogP contribution in [0.1, 0.15) is 15.9 Å². The SMILES string of the molecule is CSc1ccc(/C=C/C(=O)OCC(=O)c2ccc(NS(C)(=O)=O)cc2)cc1. The topological polar surface area (TPSA) is 89.5 Å². The summed E-state index contributed by atoms with van der Waals surface area (Å²) < 4.78 is 29.5. The molecule has 0 heterocycles. The smallest absolute Gasteiger partial charge is 0.331 e. The maximum absolute atomic E-state index is 12.0. The van der Waals surface area contributed by atoms with Crippen LogP contribution in [0.5, 0.6) is 0 Å². The van der Waals surface area contributed by atoms with Crippen LogP contribution in [-0.4, -0.2) is 39.3 Å². The molecule has 0 bridgehead atoms. The summed E-state index contributed by atoms with van der Waals surface area (Å²) in [5, 5.41) is 0. The summed E-state index contributed by atoms with van der Waals surface area (Å²) in [5.74, 6) is -1.00. The third-order valence-corrected chi connectivity index (χ3v) is 4.73. The lowest BCUT2D eigenvalue weighted by Crippen LogP contribution is -2.13. The summed E-state index contributed by atoms with van der Waals surface area (Å²) in [6.45, 7) is -0.395. The van der Waals surface area contributed by atoms with Crippen LogP contribution in [0, 0.1) is 0 Å². The number of sulfonamides is 1. The highest BCUT2D eigenvalue weighted by Gasteiger charge is 2.09. The van der Waals surface area contributed by atoms with Crippen molar-refractivity contribution in [2.45, 2.75) is 4.90 Å². The third kappa shape index (κ3) is 7.28. The summed E-state index contributed by atoms with van der Waals surface area (Å²) in [6.07, 6.45) is 5.90. The lowest BCUT2D eigenvalue weighted by molar-refractivity contribution is -0.136. The largest absolute Gasteiger partial charge is 0.454 e. The van der Waals surface area contributed by atoms with Crippen molar-refractivity contribution in [3.63, 3.8) is 0 Å². The first-order valence-electron chi connectivity index (χ1n) is 7.87. The van der Waals surface area contributed by atoms with E-state index in [1.807, 2.05) is 30.5 Å². The molecule has 0 spiro atoms. The van der Waals surface area contributed by atoms with Crippen LogP contribution in [0.25, 0.3) is 6.08 Å². The molecule has 27 heavy (non-hydrogen) atoms. The highest BCUT2D eigenvalue weighted by atomic mass is 32.2. The molecule has 0 radical (unpaired) electrons. The van der Waals surface area contributed by atoms with Crippen molar-refractivity contribution in [1.82, 2.24) is 0 Å². The lowest BCUT2D eigenvalue weighted by Gasteiger charge is -2.05. The van der Waals surface area contributed by atoms with Crippen molar-refractivity contribution in [3.05, 3.63) is 65.7 Å². The zero-order valence-electron chi connectivity index (χ0n) is 14.8. The zero-order chi connectivity index (χ0) is 19.9. The van der Waals surface area contributed by atoms with Crippen molar-refractivity contribution in [1.29, 1.82) is 0 Å². The van der Waals surface area contributed by atoms with E-state index < -0.39 is 22.6 Å². The Morgan fingerprint density at radius 3 is 2.26 bits per heavy atom. The van der Waals surface area contributed by atoms with Crippen LogP contribution in [0.15, 0.2) is 59.5 Å². The number of nitrogens with one attached hydrogen (secondary N) is 1. The molecule has 0 unspecified atom stereocenters. The number of anilines is 1. The number of ether oxygens (including phenoxy) is 1. The number of carbonyl (C=O) groups excluding carboxylic acids is 2. The minimum atomic E-state index is -3.38. The highest BCUT2D eigenvalue weighted by molar-refractivity contribution is 7.98. The number of thioether (sulfide) groups is 1. The van der Waals surface area contributed by atoms with Crippen LogP contribution in [0.3, 0.4) is 0 Å². The van der Waals surface area contributed by atoms with Crippen molar-refractivity contribution in [2.75, 3.05) is 23.8 Å². The minimum Gasteiger partial charge on any atom is -0.454 e. The van der Waals surface area contributed by atoms with Gasteiger partial charge in [0.1, 0.15) is 0 Å². The fourth-order valence-corrected chi connectivity index (χ4v) is 3.06. The number of hydrogen-bond acceptors (Lipinski definition) is 6. The quantitative estimate of drug-likeness (QED) is 0.314. The van der Waals surface area contributed by atoms with Gasteiger partial charge < -0.3 is 4.74 Å². The number of rotatable bonds is 8. The molecule has 1 N–H and O–H groups in total. The minimum absolute atomic E-state index is 0.318. The molecule has 0 fully saturated rings. The van der Waals surface area contributed by atoms with Gasteiger partial charge >= 0.3 is 5.97 Å². The Hall–Kier alpha value is -2.58. The van der Waals surface area contributed by atoms with Gasteiger partial charge in [0.05, 0.1) is 6.26 Å². The van der Waals surface area contributed by atoms with Gasteiger partial charge in [0.2, 0.25) is 10.0 Å². The molecule has 2 rings (SSSR count). The molecule has 0 atom stereocenters. The Labute approximate surface area is 162 Å². The second-order valence-electron chi connectivity index (χ2n) is 5.59. The van der Waals surface area contributed by atoms with Gasteiger partial charge in [0, 0.05) is 22.2 Å². The van der Waals surface area contributed by atoms with Gasteiger partial charge in [0.15, 0.2) is 12.4 Å². The first-order valence-corrected chi connectivity index (χ1v) is 11.0. The molecule has 0 saturated heterocycles. The summed E-state index contributed by atoms with van der Waals surface area (Å²) in [6, 6.07) is 13.5. The molecule has 0 aliphatic carbocycles. The van der Waals surface area contributed by atoms with Gasteiger partial charge in [-0.05, 0) is 54.3 Å². The van der Waals surface area contributed by atoms with E-state index in [4.69, 9.17) is 4.74 Å².